The molecule has 116 valence electrons. The van der Waals surface area contributed by atoms with E-state index >= 15 is 0 Å². The lowest BCUT2D eigenvalue weighted by Crippen LogP contribution is -2.46. The largest absolute Gasteiger partial charge is 0.366 e. The number of nitrogens with zero attached hydrogens (tertiary/aromatic N) is 2. The topological polar surface area (TPSA) is 113 Å². The average Bonchev–Trinajstić information content (AvgIpc) is 2.90. The Balaban J connectivity index is 1.80. The van der Waals surface area contributed by atoms with Gasteiger partial charge < -0.3 is 20.7 Å². The number of primary amides is 1. The molecule has 4 N–H and O–H groups in total. The number of carbonyl (C=O) groups is 2. The van der Waals surface area contributed by atoms with Crippen molar-refractivity contribution in [3.8, 4) is 0 Å². The molecule has 0 bridgehead atoms. The zero-order valence-electron chi connectivity index (χ0n) is 12.1. The number of hydrogen-bond donors (Lipinski definition) is 3. The van der Waals surface area contributed by atoms with Crippen LogP contribution < -0.4 is 11.1 Å². The highest BCUT2D eigenvalue weighted by atomic mass is 16.5. The van der Waals surface area contributed by atoms with Gasteiger partial charge in [0.05, 0.1) is 12.1 Å². The summed E-state index contributed by atoms with van der Waals surface area (Å²) >= 11 is 0. The first-order valence-electron chi connectivity index (χ1n) is 6.93. The van der Waals surface area contributed by atoms with Gasteiger partial charge in [0.15, 0.2) is 5.69 Å². The molecule has 1 aliphatic rings. The number of hydrogen-bond acceptors (Lipinski definition) is 5. The van der Waals surface area contributed by atoms with Crippen LogP contribution in [0.1, 0.15) is 10.5 Å². The van der Waals surface area contributed by atoms with Crippen LogP contribution in [0.5, 0.6) is 0 Å². The Bertz CT molecular complexity index is 726. The van der Waals surface area contributed by atoms with Crippen LogP contribution >= 0.6 is 0 Å². The van der Waals surface area contributed by atoms with E-state index in [9.17, 15) is 9.59 Å². The van der Waals surface area contributed by atoms with E-state index in [1.807, 2.05) is 11.9 Å². The number of ether oxygens (including phenoxy) is 1. The summed E-state index contributed by atoms with van der Waals surface area (Å²) in [7, 11) is 1.94. The number of H-pyrrole nitrogens is 1. The highest BCUT2D eigenvalue weighted by molar-refractivity contribution is 6.05. The van der Waals surface area contributed by atoms with Gasteiger partial charge in [-0.15, -0.1) is 0 Å². The van der Waals surface area contributed by atoms with Crippen molar-refractivity contribution in [3.05, 3.63) is 23.9 Å². The number of anilines is 1. The highest BCUT2D eigenvalue weighted by Crippen LogP contribution is 2.21. The zero-order chi connectivity index (χ0) is 15.7. The number of carbonyl (C=O) groups excluding carboxylic acids is 2. The predicted molar refractivity (Wildman–Crippen MR) is 80.5 cm³/mol. The van der Waals surface area contributed by atoms with Crippen LogP contribution in [0.15, 0.2) is 18.2 Å². The molecule has 2 amide bonds. The summed E-state index contributed by atoms with van der Waals surface area (Å²) in [6.07, 6.45) is -0.505. The van der Waals surface area contributed by atoms with E-state index in [0.717, 1.165) is 6.54 Å². The van der Waals surface area contributed by atoms with Crippen molar-refractivity contribution in [2.75, 3.05) is 32.1 Å². The molecule has 0 radical (unpaired) electrons. The van der Waals surface area contributed by atoms with Crippen LogP contribution in [0.4, 0.5) is 5.69 Å². The molecule has 2 heterocycles. The highest BCUT2D eigenvalue weighted by Gasteiger charge is 2.25. The van der Waals surface area contributed by atoms with Crippen LogP contribution in [0.2, 0.25) is 0 Å². The lowest BCUT2D eigenvalue weighted by atomic mass is 10.1. The number of benzene rings is 1. The number of nitrogens with one attached hydrogen (secondary N) is 2. The number of nitrogens with two attached hydrogens (primary N) is 1. The van der Waals surface area contributed by atoms with Crippen LogP contribution in [0, 0.1) is 0 Å². The van der Waals surface area contributed by atoms with E-state index in [1.54, 1.807) is 18.2 Å². The SMILES string of the molecule is CN1CCOC(C(=O)Nc2ccc3[nH]nc(C(N)=O)c3c2)C1. The second-order valence-corrected chi connectivity index (χ2v) is 5.31. The Labute approximate surface area is 126 Å². The number of morpholine rings is 1. The van der Waals surface area contributed by atoms with Gasteiger partial charge in [-0.3, -0.25) is 14.7 Å². The van der Waals surface area contributed by atoms with Gasteiger partial charge in [-0.2, -0.15) is 5.10 Å². The standard InChI is InChI=1S/C14H17N5O3/c1-19-4-5-22-11(7-19)14(21)16-8-2-3-10-9(6-8)12(13(15)20)18-17-10/h2-3,6,11H,4-5,7H2,1H3,(H2,15,20)(H,16,21)(H,17,18). The van der Waals surface area contributed by atoms with Gasteiger partial charge in [-0.05, 0) is 25.2 Å². The lowest BCUT2D eigenvalue weighted by Gasteiger charge is -2.29. The van der Waals surface area contributed by atoms with E-state index in [-0.39, 0.29) is 11.6 Å². The molecule has 1 unspecified atom stereocenters. The second kappa shape index (κ2) is 5.74. The molecule has 1 aromatic carbocycles. The number of fused-ring (bicyclic) bond motifs is 1. The van der Waals surface area contributed by atoms with Crippen molar-refractivity contribution < 1.29 is 14.3 Å². The molecule has 1 fully saturated rings. The van der Waals surface area contributed by atoms with Crippen LogP contribution in [0.25, 0.3) is 10.9 Å². The third kappa shape index (κ3) is 2.78. The Kier molecular flexibility index (Phi) is 3.78. The molecule has 8 nitrogen and oxygen atoms in total. The maximum atomic E-state index is 12.2. The monoisotopic (exact) mass is 303 g/mol. The lowest BCUT2D eigenvalue weighted by molar-refractivity contribution is -0.132. The van der Waals surface area contributed by atoms with Gasteiger partial charge in [-0.25, -0.2) is 0 Å². The number of rotatable bonds is 3. The summed E-state index contributed by atoms with van der Waals surface area (Å²) < 4.78 is 5.47. The summed E-state index contributed by atoms with van der Waals surface area (Å²) in [5.74, 6) is -0.831. The fourth-order valence-corrected chi connectivity index (χ4v) is 2.44. The first kappa shape index (κ1) is 14.5. The Hall–Kier alpha value is -2.45. The maximum Gasteiger partial charge on any atom is 0.269 e. The molecule has 0 spiro atoms. The summed E-state index contributed by atoms with van der Waals surface area (Å²) in [6.45, 7) is 1.89. The number of amides is 2. The second-order valence-electron chi connectivity index (χ2n) is 5.31. The first-order chi connectivity index (χ1) is 10.5. The molecule has 1 saturated heterocycles. The summed E-state index contributed by atoms with van der Waals surface area (Å²) in [5.41, 5.74) is 6.67. The van der Waals surface area contributed by atoms with Crippen molar-refractivity contribution >= 4 is 28.4 Å². The van der Waals surface area contributed by atoms with Crippen molar-refractivity contribution in [2.24, 2.45) is 5.73 Å². The summed E-state index contributed by atoms with van der Waals surface area (Å²) in [5, 5.41) is 9.97. The molecular formula is C14H17N5O3. The van der Waals surface area contributed by atoms with Crippen LogP contribution in [0.3, 0.4) is 0 Å². The summed E-state index contributed by atoms with van der Waals surface area (Å²) in [4.78, 5) is 25.6. The molecule has 8 heteroatoms. The molecule has 0 aliphatic carbocycles. The van der Waals surface area contributed by atoms with Crippen molar-refractivity contribution in [2.45, 2.75) is 6.10 Å². The molecule has 22 heavy (non-hydrogen) atoms. The van der Waals surface area contributed by atoms with E-state index in [4.69, 9.17) is 10.5 Å². The number of likely N-dealkylation sites (N-methyl/N-ethyl adjacent to an activating group) is 1. The normalized spacial score (nSPS) is 19.2. The van der Waals surface area contributed by atoms with Crippen LogP contribution in [-0.4, -0.2) is 59.8 Å². The molecule has 0 saturated carbocycles. The Morgan fingerprint density at radius 2 is 2.32 bits per heavy atom. The van der Waals surface area contributed by atoms with Gasteiger partial charge >= 0.3 is 0 Å². The zero-order valence-corrected chi connectivity index (χ0v) is 12.1. The first-order valence-corrected chi connectivity index (χ1v) is 6.93. The minimum Gasteiger partial charge on any atom is -0.366 e. The third-order valence-electron chi connectivity index (χ3n) is 3.63. The smallest absolute Gasteiger partial charge is 0.269 e. The molecule has 3 rings (SSSR count). The van der Waals surface area contributed by atoms with E-state index in [2.05, 4.69) is 15.5 Å². The van der Waals surface area contributed by atoms with Crippen molar-refractivity contribution in [1.82, 2.24) is 15.1 Å². The third-order valence-corrected chi connectivity index (χ3v) is 3.63. The minimum atomic E-state index is -0.619. The Morgan fingerprint density at radius 1 is 1.50 bits per heavy atom. The predicted octanol–water partition coefficient (Wildman–Crippen LogP) is -0.0691. The van der Waals surface area contributed by atoms with Crippen molar-refractivity contribution in [1.29, 1.82) is 0 Å². The fourth-order valence-electron chi connectivity index (χ4n) is 2.44. The molecule has 1 atom stereocenters. The van der Waals surface area contributed by atoms with Crippen molar-refractivity contribution in [3.63, 3.8) is 0 Å². The summed E-state index contributed by atoms with van der Waals surface area (Å²) in [6, 6.07) is 5.14. The Morgan fingerprint density at radius 3 is 3.05 bits per heavy atom. The van der Waals surface area contributed by atoms with Gasteiger partial charge in [-0.1, -0.05) is 0 Å². The van der Waals surface area contributed by atoms with Gasteiger partial charge in [0.1, 0.15) is 6.10 Å². The average molecular weight is 303 g/mol. The quantitative estimate of drug-likeness (QED) is 0.734. The van der Waals surface area contributed by atoms with Gasteiger partial charge in [0.2, 0.25) is 0 Å². The van der Waals surface area contributed by atoms with E-state index in [0.29, 0.717) is 29.7 Å². The van der Waals surface area contributed by atoms with Crippen LogP contribution in [-0.2, 0) is 9.53 Å². The van der Waals surface area contributed by atoms with Gasteiger partial charge in [0, 0.05) is 24.2 Å². The molecule has 2 aromatic rings. The molecule has 1 aliphatic heterocycles. The van der Waals surface area contributed by atoms with Gasteiger partial charge in [0.25, 0.3) is 11.8 Å². The van der Waals surface area contributed by atoms with E-state index in [1.165, 1.54) is 0 Å². The number of aromatic nitrogens is 2. The molecule has 1 aromatic heterocycles. The fraction of sp³-hybridized carbons (Fsp3) is 0.357. The number of aromatic amines is 1. The molecular weight excluding hydrogens is 286 g/mol. The minimum absolute atomic E-state index is 0.153. The van der Waals surface area contributed by atoms with E-state index < -0.39 is 12.0 Å². The maximum absolute atomic E-state index is 12.2.